The summed E-state index contributed by atoms with van der Waals surface area (Å²) in [4.78, 5) is 16.3. The predicted molar refractivity (Wildman–Crippen MR) is 151 cm³/mol. The maximum absolute atomic E-state index is 14.2. The molecule has 1 heterocycles. The number of methoxy groups -OCH3 is 1. The molecule has 0 saturated heterocycles. The topological polar surface area (TPSA) is 51.0 Å². The van der Waals surface area contributed by atoms with E-state index < -0.39 is 11.6 Å². The Bertz CT molecular complexity index is 1340. The molecule has 1 aliphatic heterocycles. The van der Waals surface area contributed by atoms with E-state index in [2.05, 4.69) is 4.90 Å². The van der Waals surface area contributed by atoms with Crippen molar-refractivity contribution in [3.05, 3.63) is 93.5 Å². The van der Waals surface area contributed by atoms with E-state index in [4.69, 9.17) is 37.4 Å². The van der Waals surface area contributed by atoms with Gasteiger partial charge in [0, 0.05) is 27.2 Å². The molecule has 2 atom stereocenters. The molecule has 3 aromatic carbocycles. The molecule has 0 spiro atoms. The van der Waals surface area contributed by atoms with E-state index in [1.807, 2.05) is 94.0 Å². The highest BCUT2D eigenvalue weighted by Crippen LogP contribution is 2.49. The molecule has 2 unspecified atom stereocenters. The largest absolute Gasteiger partial charge is 0.497 e. The van der Waals surface area contributed by atoms with Crippen LogP contribution in [0.4, 0.5) is 0 Å². The van der Waals surface area contributed by atoms with Gasteiger partial charge in [-0.25, -0.2) is 9.37 Å². The molecular weight excluding hydrogens is 523 g/mol. The van der Waals surface area contributed by atoms with E-state index in [0.717, 1.165) is 22.5 Å². The summed E-state index contributed by atoms with van der Waals surface area (Å²) in [5.74, 6) is 1.76. The Labute approximate surface area is 234 Å². The number of amidine groups is 1. The molecule has 0 fully saturated rings. The second-order valence-corrected chi connectivity index (χ2v) is 10.3. The number of rotatable bonds is 8. The maximum atomic E-state index is 14.2. The number of ether oxygens (including phenoxy) is 3. The van der Waals surface area contributed by atoms with Gasteiger partial charge in [-0.3, -0.25) is 4.90 Å². The molecule has 200 valence electrons. The van der Waals surface area contributed by atoms with E-state index in [1.54, 1.807) is 19.2 Å². The average molecular weight is 557 g/mol. The van der Waals surface area contributed by atoms with Gasteiger partial charge in [-0.05, 0) is 57.2 Å². The predicted octanol–water partition coefficient (Wildman–Crippen LogP) is 6.32. The van der Waals surface area contributed by atoms with Gasteiger partial charge in [0.2, 0.25) is 0 Å². The fourth-order valence-electron chi connectivity index (χ4n) is 5.30. The normalized spacial score (nSPS) is 19.2. The van der Waals surface area contributed by atoms with Crippen molar-refractivity contribution in [3.63, 3.8) is 0 Å². The zero-order valence-electron chi connectivity index (χ0n) is 22.5. The first-order valence-corrected chi connectivity index (χ1v) is 13.3. The summed E-state index contributed by atoms with van der Waals surface area (Å²) in [6, 6.07) is 20.2. The number of carbonyl (C=O) groups excluding carboxylic acids is 1. The summed E-state index contributed by atoms with van der Waals surface area (Å²) in [6.45, 7) is 6.00. The third-order valence-corrected chi connectivity index (χ3v) is 7.32. The summed E-state index contributed by atoms with van der Waals surface area (Å²) in [6.07, 6.45) is -0.0726. The molecule has 1 aliphatic rings. The van der Waals surface area contributed by atoms with Gasteiger partial charge in [-0.1, -0.05) is 47.5 Å². The smallest absolute Gasteiger partial charge is 0.364 e. The molecule has 0 saturated carbocycles. The lowest BCUT2D eigenvalue weighted by molar-refractivity contribution is -0.572. The molecule has 3 aromatic rings. The van der Waals surface area contributed by atoms with Crippen molar-refractivity contribution in [2.75, 3.05) is 27.8 Å². The van der Waals surface area contributed by atoms with Gasteiger partial charge in [0.15, 0.2) is 6.04 Å². The molecule has 0 bridgehead atoms. The van der Waals surface area contributed by atoms with E-state index in [0.29, 0.717) is 21.5 Å². The zero-order valence-corrected chi connectivity index (χ0v) is 24.0. The molecule has 0 aromatic heterocycles. The lowest BCUT2D eigenvalue weighted by atomic mass is 9.79. The molecule has 0 aliphatic carbocycles. The Morgan fingerprint density at radius 2 is 1.63 bits per heavy atom. The van der Waals surface area contributed by atoms with Crippen LogP contribution < -0.4 is 9.47 Å². The Balaban J connectivity index is 2.08. The highest BCUT2D eigenvalue weighted by atomic mass is 35.5. The molecule has 8 heteroatoms. The van der Waals surface area contributed by atoms with E-state index in [1.165, 1.54) is 0 Å². The van der Waals surface area contributed by atoms with Crippen molar-refractivity contribution >= 4 is 35.0 Å². The Morgan fingerprint density at radius 3 is 2.18 bits per heavy atom. The van der Waals surface area contributed by atoms with Crippen LogP contribution in [0.2, 0.25) is 10.0 Å². The van der Waals surface area contributed by atoms with Crippen molar-refractivity contribution in [2.24, 2.45) is 0 Å². The van der Waals surface area contributed by atoms with Crippen molar-refractivity contribution in [2.45, 2.75) is 38.5 Å². The minimum absolute atomic E-state index is 0.0726. The molecule has 0 N–H and O–H groups in total. The number of halogens is 2. The first-order valence-electron chi connectivity index (χ1n) is 12.5. The summed E-state index contributed by atoms with van der Waals surface area (Å²) >= 11 is 12.5. The molecule has 38 heavy (non-hydrogen) atoms. The van der Waals surface area contributed by atoms with Crippen LogP contribution in [0.1, 0.15) is 43.5 Å². The number of esters is 1. The average Bonchev–Trinajstić information content (AvgIpc) is 3.12. The van der Waals surface area contributed by atoms with E-state index in [9.17, 15) is 4.79 Å². The van der Waals surface area contributed by atoms with Gasteiger partial charge in [0.05, 0.1) is 33.9 Å². The standard InChI is InChI=1S/C30H33Cl2N2O4/c1-7-37-29(35)30(21-10-14-23(32)15-11-21)27(20-8-12-22(31)13-9-20)33(4)28(34(30)5)25-17-16-24(36-6)18-26(25)38-19(2)3/h8-19,27H,7H2,1-6H3/q+1. The lowest BCUT2D eigenvalue weighted by Gasteiger charge is -2.32. The van der Waals surface area contributed by atoms with Crippen LogP contribution in [0.3, 0.4) is 0 Å². The van der Waals surface area contributed by atoms with E-state index >= 15 is 0 Å². The lowest BCUT2D eigenvalue weighted by Crippen LogP contribution is -2.49. The quantitative estimate of drug-likeness (QED) is 0.240. The third kappa shape index (κ3) is 4.83. The summed E-state index contributed by atoms with van der Waals surface area (Å²) < 4.78 is 19.5. The van der Waals surface area contributed by atoms with Crippen LogP contribution in [0, 0.1) is 0 Å². The zero-order chi connectivity index (χ0) is 27.6. The van der Waals surface area contributed by atoms with Crippen LogP contribution >= 0.6 is 23.2 Å². The van der Waals surface area contributed by atoms with Crippen molar-refractivity contribution < 1.29 is 23.6 Å². The minimum Gasteiger partial charge on any atom is -0.497 e. The molecule has 4 rings (SSSR count). The first kappa shape index (κ1) is 27.8. The number of hydrogen-bond donors (Lipinski definition) is 0. The molecule has 6 nitrogen and oxygen atoms in total. The van der Waals surface area contributed by atoms with Crippen LogP contribution in [0.5, 0.6) is 11.5 Å². The highest BCUT2D eigenvalue weighted by Gasteiger charge is 2.65. The fourth-order valence-corrected chi connectivity index (χ4v) is 5.55. The van der Waals surface area contributed by atoms with Crippen LogP contribution in [-0.2, 0) is 15.1 Å². The second kappa shape index (κ2) is 11.3. The second-order valence-electron chi connectivity index (χ2n) is 9.47. The van der Waals surface area contributed by atoms with Gasteiger partial charge in [0.25, 0.3) is 11.4 Å². The molecule has 0 amide bonds. The van der Waals surface area contributed by atoms with Gasteiger partial charge in [-0.15, -0.1) is 0 Å². The van der Waals surface area contributed by atoms with Crippen LogP contribution in [0.25, 0.3) is 0 Å². The first-order chi connectivity index (χ1) is 18.1. The van der Waals surface area contributed by atoms with Gasteiger partial charge < -0.3 is 14.2 Å². The Hall–Kier alpha value is -3.22. The van der Waals surface area contributed by atoms with Crippen LogP contribution in [0.15, 0.2) is 66.7 Å². The number of benzene rings is 3. The fraction of sp³-hybridized carbons (Fsp3) is 0.333. The van der Waals surface area contributed by atoms with Crippen LogP contribution in [-0.4, -0.2) is 55.2 Å². The summed E-state index contributed by atoms with van der Waals surface area (Å²) in [7, 11) is 5.51. The van der Waals surface area contributed by atoms with Crippen molar-refractivity contribution in [3.8, 4) is 11.5 Å². The van der Waals surface area contributed by atoms with E-state index in [-0.39, 0.29) is 18.7 Å². The summed E-state index contributed by atoms with van der Waals surface area (Å²) in [5.41, 5.74) is 1.24. The summed E-state index contributed by atoms with van der Waals surface area (Å²) in [5, 5.41) is 1.19. The monoisotopic (exact) mass is 555 g/mol. The number of likely N-dealkylation sites (N-methyl/N-ethyl adjacent to an activating group) is 2. The van der Waals surface area contributed by atoms with Gasteiger partial charge in [-0.2, -0.15) is 0 Å². The SMILES string of the molecule is CCOC(=O)C1(c2ccc(Cl)cc2)C(c2ccc(Cl)cc2)N(C)C(c2ccc(OC)cc2OC(C)C)=[N+]1C. The Kier molecular flexibility index (Phi) is 8.24. The number of nitrogens with zero attached hydrogens (tertiary/aromatic N) is 2. The Morgan fingerprint density at radius 1 is 1.03 bits per heavy atom. The number of hydrogen-bond acceptors (Lipinski definition) is 5. The van der Waals surface area contributed by atoms with Gasteiger partial charge in [0.1, 0.15) is 17.1 Å². The van der Waals surface area contributed by atoms with Crippen molar-refractivity contribution in [1.82, 2.24) is 4.90 Å². The molecular formula is C30H33Cl2N2O4+. The van der Waals surface area contributed by atoms with Crippen molar-refractivity contribution in [1.29, 1.82) is 0 Å². The molecule has 0 radical (unpaired) electrons. The highest BCUT2D eigenvalue weighted by molar-refractivity contribution is 6.30. The minimum atomic E-state index is -1.24. The third-order valence-electron chi connectivity index (χ3n) is 6.81. The van der Waals surface area contributed by atoms with Gasteiger partial charge >= 0.3 is 5.97 Å². The number of carbonyl (C=O) groups is 1. The maximum Gasteiger partial charge on any atom is 0.364 e.